The van der Waals surface area contributed by atoms with Gasteiger partial charge in [0.2, 0.25) is 5.91 Å². The lowest BCUT2D eigenvalue weighted by Crippen LogP contribution is -2.61. The van der Waals surface area contributed by atoms with Crippen LogP contribution in [0.5, 0.6) is 0 Å². The van der Waals surface area contributed by atoms with E-state index in [4.69, 9.17) is 0 Å². The summed E-state index contributed by atoms with van der Waals surface area (Å²) in [4.78, 5) is 30.0. The fourth-order valence-electron chi connectivity index (χ4n) is 8.23. The van der Waals surface area contributed by atoms with Gasteiger partial charge < -0.3 is 4.90 Å². The van der Waals surface area contributed by atoms with Crippen LogP contribution in [0.1, 0.15) is 52.4 Å². The van der Waals surface area contributed by atoms with Crippen LogP contribution in [0.4, 0.5) is 0 Å². The molecule has 1 aromatic heterocycles. The quantitative estimate of drug-likeness (QED) is 0.440. The third kappa shape index (κ3) is 4.93. The van der Waals surface area contributed by atoms with Crippen LogP contribution in [0, 0.1) is 23.7 Å². The van der Waals surface area contributed by atoms with Crippen LogP contribution in [-0.4, -0.2) is 87.2 Å². The number of rotatable bonds is 6. The summed E-state index contributed by atoms with van der Waals surface area (Å²) in [6, 6.07) is 2.63. The molecule has 4 saturated carbocycles. The van der Waals surface area contributed by atoms with E-state index < -0.39 is 0 Å². The van der Waals surface area contributed by atoms with E-state index in [0.29, 0.717) is 11.2 Å². The first-order chi connectivity index (χ1) is 17.1. The Balaban J connectivity index is 1.08. The number of allylic oxidation sites excluding steroid dienone is 1. The number of likely N-dealkylation sites (tertiary alicyclic amines) is 1. The van der Waals surface area contributed by atoms with Crippen molar-refractivity contribution in [2.24, 2.45) is 23.7 Å². The maximum Gasteiger partial charge on any atom is 0.240 e. The van der Waals surface area contributed by atoms with Crippen LogP contribution in [0.25, 0.3) is 0 Å². The Kier molecular flexibility index (Phi) is 6.93. The lowest BCUT2D eigenvalue weighted by molar-refractivity contribution is -0.139. The zero-order chi connectivity index (χ0) is 23.9. The molecule has 1 amide bonds. The highest BCUT2D eigenvalue weighted by molar-refractivity contribution is 7.99. The van der Waals surface area contributed by atoms with Crippen molar-refractivity contribution in [3.63, 3.8) is 0 Å². The van der Waals surface area contributed by atoms with Crippen LogP contribution < -0.4 is 0 Å². The van der Waals surface area contributed by atoms with Gasteiger partial charge in [-0.25, -0.2) is 9.97 Å². The van der Waals surface area contributed by atoms with Crippen molar-refractivity contribution < 1.29 is 4.79 Å². The summed E-state index contributed by atoms with van der Waals surface area (Å²) in [5.41, 5.74) is 1.33. The highest BCUT2D eigenvalue weighted by Gasteiger charge is 2.50. The zero-order valence-corrected chi connectivity index (χ0v) is 22.2. The largest absolute Gasteiger partial charge is 0.339 e. The molecule has 4 bridgehead atoms. The molecule has 0 spiro atoms. The number of carbonyl (C=O) groups is 1. The number of hydrogen-bond acceptors (Lipinski definition) is 6. The van der Waals surface area contributed by atoms with Gasteiger partial charge in [-0.15, -0.1) is 0 Å². The molecule has 0 aromatic carbocycles. The van der Waals surface area contributed by atoms with Gasteiger partial charge in [0.05, 0.1) is 6.04 Å². The minimum absolute atomic E-state index is 0.0289. The van der Waals surface area contributed by atoms with Crippen LogP contribution in [0.3, 0.4) is 0 Å². The topological polar surface area (TPSA) is 52.6 Å². The van der Waals surface area contributed by atoms with E-state index in [-0.39, 0.29) is 6.04 Å². The normalized spacial score (nSPS) is 37.8. The highest BCUT2D eigenvalue weighted by Crippen LogP contribution is 2.55. The second-order valence-corrected chi connectivity index (χ2v) is 13.1. The molecular weight excluding hydrogens is 454 g/mol. The van der Waals surface area contributed by atoms with Crippen molar-refractivity contribution >= 4 is 17.7 Å². The van der Waals surface area contributed by atoms with E-state index in [1.54, 1.807) is 24.2 Å². The molecule has 2 aliphatic heterocycles. The van der Waals surface area contributed by atoms with E-state index >= 15 is 0 Å². The van der Waals surface area contributed by atoms with Crippen LogP contribution >= 0.6 is 11.8 Å². The molecule has 4 aliphatic carbocycles. The monoisotopic (exact) mass is 495 g/mol. The maximum atomic E-state index is 13.8. The first kappa shape index (κ1) is 23.9. The fourth-order valence-corrected chi connectivity index (χ4v) is 9.32. The minimum Gasteiger partial charge on any atom is -0.339 e. The first-order valence-electron chi connectivity index (χ1n) is 13.9. The summed E-state index contributed by atoms with van der Waals surface area (Å²) >= 11 is 1.73. The van der Waals surface area contributed by atoms with Gasteiger partial charge in [-0.3, -0.25) is 14.6 Å². The average Bonchev–Trinajstić information content (AvgIpc) is 3.25. The Morgan fingerprint density at radius 1 is 1.00 bits per heavy atom. The van der Waals surface area contributed by atoms with Gasteiger partial charge in [0.15, 0.2) is 5.16 Å². The Labute approximate surface area is 214 Å². The summed E-state index contributed by atoms with van der Waals surface area (Å²) in [6.07, 6.45) is 14.1. The molecule has 35 heavy (non-hydrogen) atoms. The number of piperazine rings is 1. The van der Waals surface area contributed by atoms with Gasteiger partial charge in [-0.2, -0.15) is 0 Å². The number of nitrogens with zero attached hydrogens (tertiary/aromatic N) is 5. The molecule has 3 heterocycles. The van der Waals surface area contributed by atoms with Crippen LogP contribution in [-0.2, 0) is 4.79 Å². The molecule has 6 aliphatic rings. The lowest BCUT2D eigenvalue weighted by Gasteiger charge is -2.58. The molecule has 7 rings (SSSR count). The second kappa shape index (κ2) is 10.1. The number of aromatic nitrogens is 2. The summed E-state index contributed by atoms with van der Waals surface area (Å²) in [5.74, 6) is 4.26. The number of thioether (sulfide) groups is 1. The number of carbonyl (C=O) groups excluding carboxylic acids is 1. The second-order valence-electron chi connectivity index (χ2n) is 11.9. The summed E-state index contributed by atoms with van der Waals surface area (Å²) in [5, 5.41) is 1.17. The molecule has 0 radical (unpaired) electrons. The molecule has 7 heteroatoms. The van der Waals surface area contributed by atoms with Gasteiger partial charge in [0, 0.05) is 63.0 Å². The number of hydrogen-bond donors (Lipinski definition) is 0. The molecule has 2 atom stereocenters. The van der Waals surface area contributed by atoms with E-state index in [9.17, 15) is 4.79 Å². The number of amides is 1. The van der Waals surface area contributed by atoms with E-state index in [1.165, 1.54) is 37.7 Å². The third-order valence-electron chi connectivity index (χ3n) is 9.63. The molecule has 0 unspecified atom stereocenters. The Hall–Kier alpha value is -1.44. The zero-order valence-electron chi connectivity index (χ0n) is 21.4. The van der Waals surface area contributed by atoms with Gasteiger partial charge in [0.1, 0.15) is 0 Å². The summed E-state index contributed by atoms with van der Waals surface area (Å²) in [7, 11) is 0. The summed E-state index contributed by atoms with van der Waals surface area (Å²) in [6.45, 7) is 9.97. The van der Waals surface area contributed by atoms with E-state index in [0.717, 1.165) is 80.6 Å². The Bertz CT molecular complexity index is 903. The Morgan fingerprint density at radius 2 is 1.66 bits per heavy atom. The van der Waals surface area contributed by atoms with E-state index in [2.05, 4.69) is 44.6 Å². The Morgan fingerprint density at radius 3 is 2.29 bits per heavy atom. The molecule has 6 nitrogen and oxygen atoms in total. The predicted molar refractivity (Wildman–Crippen MR) is 140 cm³/mol. The van der Waals surface area contributed by atoms with Gasteiger partial charge in [-0.05, 0) is 82.1 Å². The SMILES string of the molecule is CC=C(C)CN1C[C@@H](Sc2ncccn2)C[C@H]1C(=O)N1CCN(C2C3CC4CC(C3)CC2C4)CC1. The van der Waals surface area contributed by atoms with Crippen molar-refractivity contribution in [1.29, 1.82) is 0 Å². The van der Waals surface area contributed by atoms with E-state index in [1.807, 2.05) is 6.07 Å². The lowest BCUT2D eigenvalue weighted by atomic mass is 9.54. The van der Waals surface area contributed by atoms with Crippen molar-refractivity contribution in [1.82, 2.24) is 24.7 Å². The smallest absolute Gasteiger partial charge is 0.240 e. The highest BCUT2D eigenvalue weighted by atomic mass is 32.2. The van der Waals surface area contributed by atoms with Crippen LogP contribution in [0.2, 0.25) is 0 Å². The van der Waals surface area contributed by atoms with Gasteiger partial charge in [-0.1, -0.05) is 23.4 Å². The molecule has 2 saturated heterocycles. The van der Waals surface area contributed by atoms with Gasteiger partial charge >= 0.3 is 0 Å². The standard InChI is InChI=1S/C28H41N5OS/c1-3-19(2)17-33-18-24(35-28-29-5-4-6-30-28)16-25(33)27(34)32-9-7-31(8-10-32)26-22-12-20-11-21(14-22)15-23(26)13-20/h3-6,20-26H,7-18H2,1-2H3/t20?,21?,22?,23?,24-,25-,26?/m0/s1. The molecule has 6 fully saturated rings. The third-order valence-corrected chi connectivity index (χ3v) is 10.7. The van der Waals surface area contributed by atoms with Crippen molar-refractivity contribution in [3.05, 3.63) is 30.1 Å². The minimum atomic E-state index is -0.0289. The predicted octanol–water partition coefficient (Wildman–Crippen LogP) is 3.95. The molecule has 0 N–H and O–H groups in total. The average molecular weight is 496 g/mol. The first-order valence-corrected chi connectivity index (χ1v) is 14.8. The molecule has 190 valence electrons. The molecular formula is C28H41N5OS. The molecule has 1 aromatic rings. The summed E-state index contributed by atoms with van der Waals surface area (Å²) < 4.78 is 0. The van der Waals surface area contributed by atoms with Crippen LogP contribution in [0.15, 0.2) is 35.3 Å². The van der Waals surface area contributed by atoms with Crippen molar-refractivity contribution in [3.8, 4) is 0 Å². The fraction of sp³-hybridized carbons (Fsp3) is 0.750. The van der Waals surface area contributed by atoms with Gasteiger partial charge in [0.25, 0.3) is 0 Å². The van der Waals surface area contributed by atoms with Crippen molar-refractivity contribution in [2.45, 2.75) is 74.9 Å². The van der Waals surface area contributed by atoms with Crippen molar-refractivity contribution in [2.75, 3.05) is 39.3 Å². The maximum absolute atomic E-state index is 13.8.